The van der Waals surface area contributed by atoms with Crippen molar-refractivity contribution in [3.8, 4) is 0 Å². The van der Waals surface area contributed by atoms with Gasteiger partial charge >= 0.3 is 0 Å². The molecule has 0 atom stereocenters. The van der Waals surface area contributed by atoms with E-state index in [1.54, 1.807) is 52.2 Å². The molecule has 0 saturated heterocycles. The van der Waals surface area contributed by atoms with Crippen LogP contribution in [0.5, 0.6) is 0 Å². The number of halogens is 2. The molecule has 0 spiro atoms. The van der Waals surface area contributed by atoms with Crippen molar-refractivity contribution in [3.05, 3.63) is 70.2 Å². The highest BCUT2D eigenvalue weighted by atomic mass is 35.5. The van der Waals surface area contributed by atoms with Gasteiger partial charge in [0, 0.05) is 46.2 Å². The van der Waals surface area contributed by atoms with Gasteiger partial charge in [-0.1, -0.05) is 29.3 Å². The van der Waals surface area contributed by atoms with Gasteiger partial charge in [-0.25, -0.2) is 0 Å². The molecule has 0 unspecified atom stereocenters. The van der Waals surface area contributed by atoms with Crippen molar-refractivity contribution < 1.29 is 4.79 Å². The van der Waals surface area contributed by atoms with E-state index in [0.717, 1.165) is 17.7 Å². The number of carbonyl (C=O) groups is 1. The van der Waals surface area contributed by atoms with E-state index in [0.29, 0.717) is 22.3 Å². The lowest BCUT2D eigenvalue weighted by molar-refractivity contribution is -0.111. The smallest absolute Gasteiger partial charge is 0.248 e. The first-order valence-electron chi connectivity index (χ1n) is 8.02. The number of carbonyl (C=O) groups excluding carboxylic acids is 1. The van der Waals surface area contributed by atoms with E-state index in [9.17, 15) is 4.79 Å². The lowest BCUT2D eigenvalue weighted by Gasteiger charge is -2.06. The van der Waals surface area contributed by atoms with Crippen LogP contribution in [-0.2, 0) is 17.9 Å². The third-order valence-corrected chi connectivity index (χ3v) is 4.40. The van der Waals surface area contributed by atoms with E-state index in [1.807, 2.05) is 13.1 Å². The molecule has 0 bridgehead atoms. The molecule has 0 aliphatic rings. The molecule has 26 heavy (non-hydrogen) atoms. The highest BCUT2D eigenvalue weighted by molar-refractivity contribution is 6.35. The second kappa shape index (κ2) is 8.21. The Balaban J connectivity index is 1.62. The summed E-state index contributed by atoms with van der Waals surface area (Å²) < 4.78 is 3.46. The molecule has 3 rings (SSSR count). The average Bonchev–Trinajstić information content (AvgIpc) is 3.25. The minimum Gasteiger partial charge on any atom is -0.320 e. The maximum atomic E-state index is 12.0. The van der Waals surface area contributed by atoms with Crippen LogP contribution in [0.1, 0.15) is 18.1 Å². The maximum absolute atomic E-state index is 12.0. The normalized spacial score (nSPS) is 11.2. The summed E-state index contributed by atoms with van der Waals surface area (Å²) in [7, 11) is 0. The summed E-state index contributed by atoms with van der Waals surface area (Å²) in [5.74, 6) is -0.246. The Hall–Kier alpha value is -2.57. The molecule has 2 aromatic heterocycles. The molecule has 1 amide bonds. The van der Waals surface area contributed by atoms with E-state index in [2.05, 4.69) is 15.5 Å². The number of nitrogens with zero attached hydrogens (tertiary/aromatic N) is 4. The zero-order valence-electron chi connectivity index (χ0n) is 14.1. The van der Waals surface area contributed by atoms with Gasteiger partial charge in [0.05, 0.1) is 24.6 Å². The topological polar surface area (TPSA) is 64.7 Å². The molecule has 0 aliphatic heterocycles. The van der Waals surface area contributed by atoms with Crippen LogP contribution in [-0.4, -0.2) is 25.5 Å². The Morgan fingerprint density at radius 2 is 1.88 bits per heavy atom. The van der Waals surface area contributed by atoms with E-state index >= 15 is 0 Å². The van der Waals surface area contributed by atoms with Crippen molar-refractivity contribution in [1.29, 1.82) is 0 Å². The van der Waals surface area contributed by atoms with Crippen LogP contribution in [0, 0.1) is 0 Å². The Kier molecular flexibility index (Phi) is 5.75. The molecule has 0 radical (unpaired) electrons. The second-order valence-electron chi connectivity index (χ2n) is 5.58. The van der Waals surface area contributed by atoms with Crippen molar-refractivity contribution in [3.63, 3.8) is 0 Å². The van der Waals surface area contributed by atoms with Crippen LogP contribution >= 0.6 is 23.2 Å². The molecule has 134 valence electrons. The monoisotopic (exact) mass is 389 g/mol. The standard InChI is InChI=1S/C18H17Cl2N5O/c1-2-24-10-13(8-21-24)6-7-18(26)23-14-9-22-25(11-14)12-15-16(19)4-3-5-17(15)20/h3-11H,2,12H2,1H3,(H,23,26). The van der Waals surface area contributed by atoms with Crippen LogP contribution in [0.3, 0.4) is 0 Å². The van der Waals surface area contributed by atoms with Gasteiger partial charge in [0.15, 0.2) is 0 Å². The van der Waals surface area contributed by atoms with Gasteiger partial charge in [0.1, 0.15) is 0 Å². The zero-order chi connectivity index (χ0) is 18.5. The summed E-state index contributed by atoms with van der Waals surface area (Å²) in [6, 6.07) is 5.35. The minimum atomic E-state index is -0.246. The molecule has 3 aromatic rings. The molecule has 2 heterocycles. The number of benzene rings is 1. The molecule has 0 fully saturated rings. The van der Waals surface area contributed by atoms with Crippen LogP contribution in [0.2, 0.25) is 10.0 Å². The Morgan fingerprint density at radius 1 is 1.15 bits per heavy atom. The highest BCUT2D eigenvalue weighted by Gasteiger charge is 2.08. The van der Waals surface area contributed by atoms with E-state index in [4.69, 9.17) is 23.2 Å². The molecule has 1 N–H and O–H groups in total. The van der Waals surface area contributed by atoms with Crippen molar-refractivity contribution >= 4 is 40.9 Å². The lowest BCUT2D eigenvalue weighted by atomic mass is 10.2. The lowest BCUT2D eigenvalue weighted by Crippen LogP contribution is -2.07. The SMILES string of the molecule is CCn1cc(C=CC(=O)Nc2cnn(Cc3c(Cl)cccc3Cl)c2)cn1. The van der Waals surface area contributed by atoms with E-state index in [-0.39, 0.29) is 5.91 Å². The Morgan fingerprint density at radius 3 is 2.58 bits per heavy atom. The van der Waals surface area contributed by atoms with E-state index in [1.165, 1.54) is 6.08 Å². The van der Waals surface area contributed by atoms with Crippen LogP contribution in [0.15, 0.2) is 49.1 Å². The third-order valence-electron chi connectivity index (χ3n) is 3.69. The quantitative estimate of drug-likeness (QED) is 0.645. The number of nitrogens with one attached hydrogen (secondary N) is 1. The summed E-state index contributed by atoms with van der Waals surface area (Å²) in [5, 5.41) is 12.3. The van der Waals surface area contributed by atoms with Gasteiger partial charge < -0.3 is 5.32 Å². The fourth-order valence-corrected chi connectivity index (χ4v) is 2.87. The van der Waals surface area contributed by atoms with Crippen LogP contribution in [0.25, 0.3) is 6.08 Å². The minimum absolute atomic E-state index is 0.246. The fraction of sp³-hybridized carbons (Fsp3) is 0.167. The van der Waals surface area contributed by atoms with Crippen molar-refractivity contribution in [1.82, 2.24) is 19.6 Å². The van der Waals surface area contributed by atoms with Crippen molar-refractivity contribution in [2.45, 2.75) is 20.0 Å². The molecule has 0 aliphatic carbocycles. The first-order chi connectivity index (χ1) is 12.5. The number of rotatable bonds is 6. The Bertz CT molecular complexity index is 924. The number of anilines is 1. The number of hydrogen-bond donors (Lipinski definition) is 1. The molecule has 6 nitrogen and oxygen atoms in total. The van der Waals surface area contributed by atoms with Gasteiger partial charge in [-0.2, -0.15) is 10.2 Å². The maximum Gasteiger partial charge on any atom is 0.248 e. The molecule has 8 heteroatoms. The molecule has 1 aromatic carbocycles. The van der Waals surface area contributed by atoms with Crippen LogP contribution in [0.4, 0.5) is 5.69 Å². The number of aryl methyl sites for hydroxylation is 1. The average molecular weight is 390 g/mol. The van der Waals surface area contributed by atoms with E-state index < -0.39 is 0 Å². The van der Waals surface area contributed by atoms with Gasteiger partial charge in [-0.15, -0.1) is 0 Å². The summed E-state index contributed by atoms with van der Waals surface area (Å²) in [6.45, 7) is 3.20. The largest absolute Gasteiger partial charge is 0.320 e. The highest BCUT2D eigenvalue weighted by Crippen LogP contribution is 2.25. The third kappa shape index (κ3) is 4.53. The van der Waals surface area contributed by atoms with Crippen molar-refractivity contribution in [2.75, 3.05) is 5.32 Å². The fourth-order valence-electron chi connectivity index (χ4n) is 2.35. The second-order valence-corrected chi connectivity index (χ2v) is 6.39. The summed E-state index contributed by atoms with van der Waals surface area (Å²) in [5.41, 5.74) is 2.24. The predicted octanol–water partition coefficient (Wildman–Crippen LogP) is 4.11. The number of hydrogen-bond acceptors (Lipinski definition) is 3. The summed E-state index contributed by atoms with van der Waals surface area (Å²) in [4.78, 5) is 12.0. The zero-order valence-corrected chi connectivity index (χ0v) is 15.6. The van der Waals surface area contributed by atoms with Gasteiger partial charge in [-0.3, -0.25) is 14.2 Å². The predicted molar refractivity (Wildman–Crippen MR) is 103 cm³/mol. The summed E-state index contributed by atoms with van der Waals surface area (Å²) >= 11 is 12.3. The summed E-state index contributed by atoms with van der Waals surface area (Å²) in [6.07, 6.45) is 10.0. The number of amides is 1. The first-order valence-corrected chi connectivity index (χ1v) is 8.77. The molecular formula is C18H17Cl2N5O. The molecular weight excluding hydrogens is 373 g/mol. The Labute approximate surface area is 161 Å². The van der Waals surface area contributed by atoms with Crippen molar-refractivity contribution in [2.24, 2.45) is 0 Å². The van der Waals surface area contributed by atoms with Crippen LogP contribution < -0.4 is 5.32 Å². The number of aromatic nitrogens is 4. The van der Waals surface area contributed by atoms with Gasteiger partial charge in [0.2, 0.25) is 5.91 Å². The van der Waals surface area contributed by atoms with Gasteiger partial charge in [0.25, 0.3) is 0 Å². The van der Waals surface area contributed by atoms with Gasteiger partial charge in [-0.05, 0) is 25.1 Å². The first kappa shape index (κ1) is 18.2. The molecule has 0 saturated carbocycles.